The van der Waals surface area contributed by atoms with E-state index < -0.39 is 16.7 Å². The number of nitrogens with zero attached hydrogens (tertiary/aromatic N) is 2. The summed E-state index contributed by atoms with van der Waals surface area (Å²) in [6.45, 7) is 6.73. The van der Waals surface area contributed by atoms with Gasteiger partial charge >= 0.3 is 12.2 Å². The second-order valence-electron chi connectivity index (χ2n) is 9.50. The van der Waals surface area contributed by atoms with Gasteiger partial charge in [-0.05, 0) is 38.0 Å². The van der Waals surface area contributed by atoms with Gasteiger partial charge in [0.25, 0.3) is 0 Å². The van der Waals surface area contributed by atoms with E-state index in [1.165, 1.54) is 0 Å². The van der Waals surface area contributed by atoms with Gasteiger partial charge < -0.3 is 9.47 Å². The molecule has 3 atom stereocenters. The molecule has 0 saturated carbocycles. The summed E-state index contributed by atoms with van der Waals surface area (Å²) in [5.74, 6) is 0. The van der Waals surface area contributed by atoms with Crippen LogP contribution in [0.4, 0.5) is 9.59 Å². The van der Waals surface area contributed by atoms with E-state index in [1.807, 2.05) is 87.5 Å². The lowest BCUT2D eigenvalue weighted by atomic mass is 9.76. The van der Waals surface area contributed by atoms with E-state index in [9.17, 15) is 9.59 Å². The van der Waals surface area contributed by atoms with Crippen molar-refractivity contribution < 1.29 is 19.1 Å². The van der Waals surface area contributed by atoms with Gasteiger partial charge in [0.2, 0.25) is 0 Å². The van der Waals surface area contributed by atoms with Crippen LogP contribution in [0.25, 0.3) is 0 Å². The molecular weight excluding hydrogens is 404 g/mol. The number of fused-ring (bicyclic) bond motifs is 2. The summed E-state index contributed by atoms with van der Waals surface area (Å²) >= 11 is 0. The summed E-state index contributed by atoms with van der Waals surface area (Å²) in [7, 11) is 0. The molecule has 0 unspecified atom stereocenters. The summed E-state index contributed by atoms with van der Waals surface area (Å²) in [4.78, 5) is 29.3. The summed E-state index contributed by atoms with van der Waals surface area (Å²) < 4.78 is 12.0. The van der Waals surface area contributed by atoms with Crippen LogP contribution in [0.2, 0.25) is 0 Å². The molecule has 3 aliphatic rings. The molecular formula is C26H28N2O4. The Kier molecular flexibility index (Phi) is 4.59. The van der Waals surface area contributed by atoms with E-state index in [-0.39, 0.29) is 12.2 Å². The van der Waals surface area contributed by atoms with E-state index in [2.05, 4.69) is 0 Å². The fourth-order valence-electron chi connectivity index (χ4n) is 5.29. The number of hydrogen-bond donors (Lipinski definition) is 0. The molecule has 2 aromatic carbocycles. The van der Waals surface area contributed by atoms with Gasteiger partial charge in [0, 0.05) is 25.9 Å². The second-order valence-corrected chi connectivity index (χ2v) is 9.50. The molecule has 0 N–H and O–H groups in total. The molecule has 6 nitrogen and oxygen atoms in total. The quantitative estimate of drug-likeness (QED) is 0.711. The number of carbonyl (C=O) groups excluding carboxylic acids is 2. The summed E-state index contributed by atoms with van der Waals surface area (Å²) in [5.41, 5.74) is 0.619. The maximum absolute atomic E-state index is 13.0. The number of amides is 2. The van der Waals surface area contributed by atoms with Crippen LogP contribution in [0, 0.1) is 0 Å². The topological polar surface area (TPSA) is 59.1 Å². The number of rotatable bonds is 4. The van der Waals surface area contributed by atoms with Crippen molar-refractivity contribution >= 4 is 12.2 Å². The molecule has 2 amide bonds. The number of cyclic esters (lactones) is 2. The van der Waals surface area contributed by atoms with Gasteiger partial charge in [-0.2, -0.15) is 0 Å². The second kappa shape index (κ2) is 7.12. The van der Waals surface area contributed by atoms with Crippen molar-refractivity contribution in [1.82, 2.24) is 9.80 Å². The first kappa shape index (κ1) is 20.6. The van der Waals surface area contributed by atoms with Crippen molar-refractivity contribution in [3.05, 3.63) is 83.6 Å². The van der Waals surface area contributed by atoms with Crippen LogP contribution < -0.4 is 0 Å². The molecule has 0 aromatic heterocycles. The molecule has 6 heteroatoms. The molecule has 0 radical (unpaired) electrons. The Labute approximate surface area is 188 Å². The van der Waals surface area contributed by atoms with E-state index in [0.717, 1.165) is 16.8 Å². The average molecular weight is 433 g/mol. The highest BCUT2D eigenvalue weighted by atomic mass is 16.6. The summed E-state index contributed by atoms with van der Waals surface area (Å²) in [6, 6.07) is 20.1. The Hall–Kier alpha value is -3.28. The molecule has 0 aliphatic carbocycles. The van der Waals surface area contributed by atoms with Crippen LogP contribution in [-0.2, 0) is 22.3 Å². The Morgan fingerprint density at radius 1 is 0.781 bits per heavy atom. The minimum atomic E-state index is -0.823. The van der Waals surface area contributed by atoms with E-state index in [1.54, 1.807) is 9.80 Å². The first-order valence-electron chi connectivity index (χ1n) is 11.1. The van der Waals surface area contributed by atoms with Gasteiger partial charge in [-0.15, -0.1) is 0 Å². The zero-order valence-corrected chi connectivity index (χ0v) is 18.7. The zero-order valence-electron chi connectivity index (χ0n) is 18.7. The molecule has 3 heterocycles. The fourth-order valence-corrected chi connectivity index (χ4v) is 5.29. The first-order valence-corrected chi connectivity index (χ1v) is 11.1. The molecule has 2 saturated heterocycles. The van der Waals surface area contributed by atoms with Gasteiger partial charge in [0.15, 0.2) is 5.60 Å². The maximum atomic E-state index is 13.0. The Morgan fingerprint density at radius 3 is 2.00 bits per heavy atom. The van der Waals surface area contributed by atoms with Gasteiger partial charge in [0.1, 0.15) is 11.1 Å². The van der Waals surface area contributed by atoms with E-state index in [4.69, 9.17) is 9.47 Å². The summed E-state index contributed by atoms with van der Waals surface area (Å²) in [6.07, 6.45) is 2.46. The van der Waals surface area contributed by atoms with Crippen molar-refractivity contribution in [1.29, 1.82) is 0 Å². The molecule has 5 rings (SSSR count). The standard InChI is InChI=1S/C26H28N2O4/c1-24(16-19-10-6-4-7-11-19)21-18-25(2)26(3,17-20-12-8-5-9-13-20)32-23(30)28(25)15-14-27(21)22(29)31-24/h4-13,18H,14-17H2,1-3H3/t24-,25+,26-/m1/s1. The smallest absolute Gasteiger partial charge is 0.415 e. The van der Waals surface area contributed by atoms with E-state index in [0.29, 0.717) is 25.9 Å². The lowest BCUT2D eigenvalue weighted by Gasteiger charge is -2.40. The molecule has 3 aliphatic heterocycles. The third kappa shape index (κ3) is 3.08. The van der Waals surface area contributed by atoms with Crippen molar-refractivity contribution in [2.24, 2.45) is 0 Å². The highest BCUT2D eigenvalue weighted by molar-refractivity contribution is 5.78. The van der Waals surface area contributed by atoms with Crippen molar-refractivity contribution in [3.63, 3.8) is 0 Å². The van der Waals surface area contributed by atoms with Gasteiger partial charge in [0.05, 0.1) is 5.70 Å². The normalized spacial score (nSPS) is 31.4. The average Bonchev–Trinajstić information content (AvgIpc) is 2.99. The molecule has 166 valence electrons. The number of benzene rings is 2. The van der Waals surface area contributed by atoms with Crippen LogP contribution in [0.3, 0.4) is 0 Å². The largest absolute Gasteiger partial charge is 0.440 e. The third-order valence-electron chi connectivity index (χ3n) is 7.26. The minimum absolute atomic E-state index is 0.345. The van der Waals surface area contributed by atoms with Gasteiger partial charge in [-0.3, -0.25) is 9.80 Å². The van der Waals surface area contributed by atoms with Crippen molar-refractivity contribution in [3.8, 4) is 0 Å². The van der Waals surface area contributed by atoms with Crippen molar-refractivity contribution in [2.75, 3.05) is 13.1 Å². The predicted molar refractivity (Wildman–Crippen MR) is 120 cm³/mol. The van der Waals surface area contributed by atoms with Crippen LogP contribution in [0.1, 0.15) is 31.9 Å². The molecule has 2 aromatic rings. The molecule has 2 fully saturated rings. The number of carbonyl (C=O) groups is 2. The van der Waals surface area contributed by atoms with Crippen molar-refractivity contribution in [2.45, 2.75) is 50.4 Å². The lowest BCUT2D eigenvalue weighted by Crippen LogP contribution is -2.55. The van der Waals surface area contributed by atoms with Crippen LogP contribution in [0.5, 0.6) is 0 Å². The number of hydrogen-bond acceptors (Lipinski definition) is 4. The van der Waals surface area contributed by atoms with Crippen LogP contribution in [-0.4, -0.2) is 51.8 Å². The Bertz CT molecular complexity index is 1090. The minimum Gasteiger partial charge on any atom is -0.440 e. The number of ether oxygens (including phenoxy) is 2. The highest BCUT2D eigenvalue weighted by Crippen LogP contribution is 2.48. The third-order valence-corrected chi connectivity index (χ3v) is 7.26. The zero-order chi connectivity index (χ0) is 22.6. The summed E-state index contributed by atoms with van der Waals surface area (Å²) in [5, 5.41) is 0. The fraction of sp³-hybridized carbons (Fsp3) is 0.385. The van der Waals surface area contributed by atoms with Crippen LogP contribution in [0.15, 0.2) is 72.4 Å². The Balaban J connectivity index is 1.59. The highest BCUT2D eigenvalue weighted by Gasteiger charge is 2.62. The Morgan fingerprint density at radius 2 is 1.38 bits per heavy atom. The first-order chi connectivity index (χ1) is 15.2. The van der Waals surface area contributed by atoms with Gasteiger partial charge in [-0.1, -0.05) is 60.7 Å². The van der Waals surface area contributed by atoms with Crippen LogP contribution >= 0.6 is 0 Å². The maximum Gasteiger partial charge on any atom is 0.415 e. The monoisotopic (exact) mass is 432 g/mol. The molecule has 32 heavy (non-hydrogen) atoms. The SMILES string of the molecule is C[C@]1(Cc2ccccc2)OC(=O)N2CCN3C(=O)O[C@](C)(Cc4ccccc4)[C@]3(C)C=C21. The lowest BCUT2D eigenvalue weighted by molar-refractivity contribution is 0.0293. The molecule has 0 spiro atoms. The molecule has 0 bridgehead atoms. The predicted octanol–water partition coefficient (Wildman–Crippen LogP) is 4.55. The van der Waals surface area contributed by atoms with E-state index >= 15 is 0 Å². The van der Waals surface area contributed by atoms with Gasteiger partial charge in [-0.25, -0.2) is 9.59 Å².